The van der Waals surface area contributed by atoms with Crippen LogP contribution < -0.4 is 9.47 Å². The van der Waals surface area contributed by atoms with Gasteiger partial charge in [-0.3, -0.25) is 19.4 Å². The molecule has 224 valence electrons. The third kappa shape index (κ3) is 7.56. The van der Waals surface area contributed by atoms with Gasteiger partial charge in [0.25, 0.3) is 0 Å². The smallest absolute Gasteiger partial charge is 0.162 e. The minimum Gasteiger partial charge on any atom is -0.504 e. The summed E-state index contributed by atoms with van der Waals surface area (Å²) in [4.78, 5) is 30.7. The number of benzene rings is 2. The maximum absolute atomic E-state index is 13.3. The molecular formula is C31H42N2O8. The number of hydrogen-bond donors (Lipinski definition) is 2. The van der Waals surface area contributed by atoms with Gasteiger partial charge in [-0.1, -0.05) is 12.1 Å². The Morgan fingerprint density at radius 2 is 1.20 bits per heavy atom. The second kappa shape index (κ2) is 13.7. The molecule has 10 heteroatoms. The number of rotatable bonds is 14. The quantitative estimate of drug-likeness (QED) is 0.327. The summed E-state index contributed by atoms with van der Waals surface area (Å²) in [5.41, 5.74) is 2.01. The van der Waals surface area contributed by atoms with Crippen LogP contribution in [0.4, 0.5) is 0 Å². The molecule has 2 N–H and O–H groups in total. The van der Waals surface area contributed by atoms with E-state index < -0.39 is 5.41 Å². The summed E-state index contributed by atoms with van der Waals surface area (Å²) in [5, 5.41) is 21.2. The highest BCUT2D eigenvalue weighted by atomic mass is 16.5. The van der Waals surface area contributed by atoms with Crippen molar-refractivity contribution in [3.63, 3.8) is 0 Å². The molecule has 2 saturated heterocycles. The van der Waals surface area contributed by atoms with Crippen LogP contribution in [0.2, 0.25) is 0 Å². The summed E-state index contributed by atoms with van der Waals surface area (Å²) < 4.78 is 21.6. The lowest BCUT2D eigenvalue weighted by Crippen LogP contribution is -2.34. The van der Waals surface area contributed by atoms with Crippen LogP contribution in [-0.2, 0) is 45.0 Å². The number of carbonyl (C=O) groups is 2. The highest BCUT2D eigenvalue weighted by Crippen LogP contribution is 2.35. The molecule has 0 spiro atoms. The van der Waals surface area contributed by atoms with Gasteiger partial charge in [-0.05, 0) is 49.9 Å². The lowest BCUT2D eigenvalue weighted by atomic mass is 9.79. The molecule has 0 amide bonds. The van der Waals surface area contributed by atoms with Gasteiger partial charge in [0.1, 0.15) is 11.6 Å². The molecule has 2 aliphatic rings. The highest BCUT2D eigenvalue weighted by molar-refractivity contribution is 6.06. The number of hydrogen-bond acceptors (Lipinski definition) is 10. The van der Waals surface area contributed by atoms with Crippen LogP contribution in [0.3, 0.4) is 0 Å². The van der Waals surface area contributed by atoms with Crippen molar-refractivity contribution in [3.8, 4) is 23.0 Å². The molecule has 2 fully saturated rings. The van der Waals surface area contributed by atoms with E-state index in [2.05, 4.69) is 9.80 Å². The first-order valence-corrected chi connectivity index (χ1v) is 14.1. The van der Waals surface area contributed by atoms with Crippen LogP contribution in [0, 0.1) is 5.41 Å². The first-order chi connectivity index (χ1) is 19.6. The molecule has 2 aromatic carbocycles. The molecule has 0 bridgehead atoms. The zero-order valence-corrected chi connectivity index (χ0v) is 24.5. The fraction of sp³-hybridized carbons (Fsp3) is 0.548. The second-order valence-corrected chi connectivity index (χ2v) is 11.3. The van der Waals surface area contributed by atoms with E-state index in [1.807, 2.05) is 12.1 Å². The molecule has 10 nitrogen and oxygen atoms in total. The van der Waals surface area contributed by atoms with Gasteiger partial charge in [-0.2, -0.15) is 0 Å². The SMILES string of the molecule is COc1cc(CCC(=O)C(C)(C)C(=O)CCc2cc(CN3CCOC3)c(O)c(OC)c2)cc(CN2CCOC2)c1O. The van der Waals surface area contributed by atoms with Gasteiger partial charge < -0.3 is 29.2 Å². The van der Waals surface area contributed by atoms with E-state index >= 15 is 0 Å². The van der Waals surface area contributed by atoms with Gasteiger partial charge in [0.2, 0.25) is 0 Å². The molecule has 2 heterocycles. The molecule has 2 aliphatic heterocycles. The molecule has 2 aromatic rings. The Morgan fingerprint density at radius 1 is 0.780 bits per heavy atom. The van der Waals surface area contributed by atoms with E-state index in [9.17, 15) is 19.8 Å². The van der Waals surface area contributed by atoms with Gasteiger partial charge in [-0.25, -0.2) is 0 Å². The minimum absolute atomic E-state index is 0.0905. The summed E-state index contributed by atoms with van der Waals surface area (Å²) in [6, 6.07) is 7.27. The maximum atomic E-state index is 13.3. The maximum Gasteiger partial charge on any atom is 0.162 e. The van der Waals surface area contributed by atoms with E-state index in [0.717, 1.165) is 24.2 Å². The van der Waals surface area contributed by atoms with Crippen LogP contribution in [0.25, 0.3) is 0 Å². The molecule has 0 saturated carbocycles. The molecule has 0 radical (unpaired) electrons. The number of methoxy groups -OCH3 is 2. The van der Waals surface area contributed by atoms with E-state index in [-0.39, 0.29) is 35.9 Å². The van der Waals surface area contributed by atoms with E-state index in [4.69, 9.17) is 18.9 Å². The third-order valence-electron chi connectivity index (χ3n) is 7.98. The topological polar surface area (TPSA) is 118 Å². The summed E-state index contributed by atoms with van der Waals surface area (Å²) in [6.07, 6.45) is 1.23. The van der Waals surface area contributed by atoms with Crippen LogP contribution in [0.5, 0.6) is 23.0 Å². The Bertz CT molecular complexity index is 1140. The monoisotopic (exact) mass is 570 g/mol. The van der Waals surface area contributed by atoms with Crippen molar-refractivity contribution >= 4 is 11.6 Å². The third-order valence-corrected chi connectivity index (χ3v) is 7.98. The van der Waals surface area contributed by atoms with Crippen LogP contribution in [-0.4, -0.2) is 85.6 Å². The van der Waals surface area contributed by atoms with Gasteiger partial charge in [0.05, 0.1) is 46.3 Å². The van der Waals surface area contributed by atoms with Crippen molar-refractivity contribution in [1.29, 1.82) is 0 Å². The zero-order valence-electron chi connectivity index (χ0n) is 24.5. The molecular weight excluding hydrogens is 528 g/mol. The minimum atomic E-state index is -1.15. The Labute approximate surface area is 241 Å². The second-order valence-electron chi connectivity index (χ2n) is 11.3. The number of Topliss-reactive ketones (excluding diaryl/α,β-unsaturated/α-hetero) is 2. The number of aromatic hydroxyl groups is 2. The van der Waals surface area contributed by atoms with Crippen LogP contribution in [0.15, 0.2) is 24.3 Å². The number of phenolic OH excluding ortho intramolecular Hbond substituents is 2. The molecule has 0 atom stereocenters. The number of phenols is 2. The standard InChI is InChI=1S/C31H42N2O8/c1-31(2,27(34)7-5-21-13-23(17-32-9-11-40-19-32)29(36)25(15-21)38-3)28(35)8-6-22-14-24(18-33-10-12-41-20-33)30(37)26(16-22)39-4/h13-16,36-37H,5-12,17-20H2,1-4H3. The first-order valence-electron chi connectivity index (χ1n) is 14.1. The van der Waals surface area contributed by atoms with Crippen molar-refractivity contribution in [2.24, 2.45) is 5.41 Å². The van der Waals surface area contributed by atoms with Gasteiger partial charge in [-0.15, -0.1) is 0 Å². The van der Waals surface area contributed by atoms with E-state index in [0.29, 0.717) is 75.2 Å². The Balaban J connectivity index is 1.38. The van der Waals surface area contributed by atoms with Gasteiger partial charge in [0, 0.05) is 50.1 Å². The van der Waals surface area contributed by atoms with Crippen molar-refractivity contribution in [2.75, 3.05) is 54.0 Å². The number of ether oxygens (including phenoxy) is 4. The molecule has 0 aromatic heterocycles. The summed E-state index contributed by atoms with van der Waals surface area (Å²) in [7, 11) is 3.00. The zero-order chi connectivity index (χ0) is 29.6. The predicted molar refractivity (Wildman–Crippen MR) is 152 cm³/mol. The number of ketones is 2. The first kappa shape index (κ1) is 30.8. The molecule has 41 heavy (non-hydrogen) atoms. The predicted octanol–water partition coefficient (Wildman–Crippen LogP) is 3.42. The van der Waals surface area contributed by atoms with Crippen molar-refractivity contribution < 1.29 is 38.7 Å². The number of aryl methyl sites for hydroxylation is 2. The van der Waals surface area contributed by atoms with Crippen LogP contribution >= 0.6 is 0 Å². The highest BCUT2D eigenvalue weighted by Gasteiger charge is 2.34. The Morgan fingerprint density at radius 3 is 1.54 bits per heavy atom. The number of nitrogens with zero attached hydrogens (tertiary/aromatic N) is 2. The van der Waals surface area contributed by atoms with Gasteiger partial charge >= 0.3 is 0 Å². The Kier molecular flexibility index (Phi) is 10.2. The van der Waals surface area contributed by atoms with Crippen molar-refractivity contribution in [2.45, 2.75) is 52.6 Å². The molecule has 0 aliphatic carbocycles. The molecule has 0 unspecified atom stereocenters. The Hall–Kier alpha value is -3.18. The average molecular weight is 571 g/mol. The van der Waals surface area contributed by atoms with Crippen LogP contribution in [0.1, 0.15) is 48.9 Å². The summed E-state index contributed by atoms with van der Waals surface area (Å²) >= 11 is 0. The van der Waals surface area contributed by atoms with E-state index in [1.54, 1.807) is 26.0 Å². The van der Waals surface area contributed by atoms with Crippen molar-refractivity contribution in [1.82, 2.24) is 9.80 Å². The average Bonchev–Trinajstić information content (AvgIpc) is 3.67. The lowest BCUT2D eigenvalue weighted by Gasteiger charge is -2.22. The van der Waals surface area contributed by atoms with Crippen molar-refractivity contribution in [3.05, 3.63) is 46.5 Å². The fourth-order valence-electron chi connectivity index (χ4n) is 5.23. The lowest BCUT2D eigenvalue weighted by molar-refractivity contribution is -0.138. The van der Waals surface area contributed by atoms with E-state index in [1.165, 1.54) is 14.2 Å². The van der Waals surface area contributed by atoms with Gasteiger partial charge in [0.15, 0.2) is 23.0 Å². The summed E-state index contributed by atoms with van der Waals surface area (Å²) in [5.74, 6) is 0.632. The normalized spacial score (nSPS) is 16.3. The number of carbonyl (C=O) groups excluding carboxylic acids is 2. The largest absolute Gasteiger partial charge is 0.504 e. The fourth-order valence-corrected chi connectivity index (χ4v) is 5.23. The summed E-state index contributed by atoms with van der Waals surface area (Å²) in [6.45, 7) is 8.30. The molecule has 4 rings (SSSR count).